The van der Waals surface area contributed by atoms with Crippen molar-refractivity contribution in [3.05, 3.63) is 146 Å². The molecule has 0 saturated heterocycles. The van der Waals surface area contributed by atoms with Crippen LogP contribution in [0.25, 0.3) is 88.3 Å². The number of rotatable bonds is 3. The topological polar surface area (TPSA) is 48.8 Å². The van der Waals surface area contributed by atoms with E-state index in [0.717, 1.165) is 49.8 Å². The fraction of sp³-hybridized carbons (Fsp3) is 0. The smallest absolute Gasteiger partial charge is 0.234 e. The maximum atomic E-state index is 6.30. The van der Waals surface area contributed by atoms with Gasteiger partial charge in [-0.1, -0.05) is 78.9 Å². The molecule has 4 aromatic heterocycles. The van der Waals surface area contributed by atoms with Crippen molar-refractivity contribution in [2.75, 3.05) is 0 Å². The van der Waals surface area contributed by atoms with Gasteiger partial charge in [0.25, 0.3) is 0 Å². The first kappa shape index (κ1) is 24.3. The Kier molecular flexibility index (Phi) is 4.93. The zero-order valence-corrected chi connectivity index (χ0v) is 24.1. The number of furan rings is 1. The molecule has 210 valence electrons. The Labute approximate surface area is 257 Å². The van der Waals surface area contributed by atoms with Gasteiger partial charge in [-0.15, -0.1) is 0 Å². The third-order valence-corrected chi connectivity index (χ3v) is 9.04. The molecule has 4 heterocycles. The van der Waals surface area contributed by atoms with Crippen LogP contribution in [0.5, 0.6) is 0 Å². The molecule has 0 saturated carbocycles. The summed E-state index contributed by atoms with van der Waals surface area (Å²) in [6.45, 7) is 0. The van der Waals surface area contributed by atoms with Gasteiger partial charge in [-0.05, 0) is 60.2 Å². The fourth-order valence-electron chi connectivity index (χ4n) is 7.01. The first-order chi connectivity index (χ1) is 22.3. The van der Waals surface area contributed by atoms with Gasteiger partial charge in [0, 0.05) is 56.0 Å². The van der Waals surface area contributed by atoms with E-state index in [1.807, 2.05) is 18.5 Å². The van der Waals surface area contributed by atoms with Crippen molar-refractivity contribution in [3.8, 4) is 22.8 Å². The average molecular weight is 577 g/mol. The lowest BCUT2D eigenvalue weighted by molar-refractivity contribution is 0.669. The molecule has 6 aromatic carbocycles. The third kappa shape index (κ3) is 3.49. The minimum Gasteiger partial charge on any atom is -0.456 e. The van der Waals surface area contributed by atoms with E-state index in [4.69, 9.17) is 14.4 Å². The molecule has 0 aliphatic rings. The lowest BCUT2D eigenvalue weighted by Gasteiger charge is -2.08. The van der Waals surface area contributed by atoms with Gasteiger partial charge in [0.2, 0.25) is 5.95 Å². The van der Waals surface area contributed by atoms with Gasteiger partial charge < -0.3 is 8.98 Å². The van der Waals surface area contributed by atoms with Crippen LogP contribution in [-0.2, 0) is 0 Å². The number of para-hydroxylation sites is 4. The van der Waals surface area contributed by atoms with E-state index in [9.17, 15) is 0 Å². The number of nitrogens with zero attached hydrogens (tertiary/aromatic N) is 4. The summed E-state index contributed by atoms with van der Waals surface area (Å²) < 4.78 is 10.8. The van der Waals surface area contributed by atoms with Gasteiger partial charge in [-0.3, -0.25) is 4.57 Å². The van der Waals surface area contributed by atoms with Crippen molar-refractivity contribution in [1.82, 2.24) is 19.1 Å². The highest BCUT2D eigenvalue weighted by atomic mass is 16.3. The second-order valence-electron chi connectivity index (χ2n) is 11.5. The Bertz CT molecular complexity index is 2660. The predicted molar refractivity (Wildman–Crippen MR) is 183 cm³/mol. The van der Waals surface area contributed by atoms with Crippen molar-refractivity contribution in [1.29, 1.82) is 0 Å². The van der Waals surface area contributed by atoms with Gasteiger partial charge in [-0.2, -0.15) is 0 Å². The fourth-order valence-corrected chi connectivity index (χ4v) is 7.01. The Morgan fingerprint density at radius 1 is 0.400 bits per heavy atom. The quantitative estimate of drug-likeness (QED) is 0.210. The first-order valence-electron chi connectivity index (χ1n) is 15.1. The molecule has 45 heavy (non-hydrogen) atoms. The Hall–Kier alpha value is -6.20. The number of hydrogen-bond donors (Lipinski definition) is 0. The van der Waals surface area contributed by atoms with Crippen molar-refractivity contribution in [2.45, 2.75) is 0 Å². The Morgan fingerprint density at radius 3 is 1.42 bits per heavy atom. The first-order valence-corrected chi connectivity index (χ1v) is 15.1. The maximum Gasteiger partial charge on any atom is 0.234 e. The molecular weight excluding hydrogens is 552 g/mol. The van der Waals surface area contributed by atoms with Crippen LogP contribution in [-0.4, -0.2) is 19.1 Å². The molecule has 0 amide bonds. The number of hydrogen-bond acceptors (Lipinski definition) is 3. The normalized spacial score (nSPS) is 12.0. The van der Waals surface area contributed by atoms with Gasteiger partial charge in [-0.25, -0.2) is 9.97 Å². The maximum absolute atomic E-state index is 6.30. The summed E-state index contributed by atoms with van der Waals surface area (Å²) in [5, 5.41) is 7.02. The van der Waals surface area contributed by atoms with Crippen LogP contribution in [0, 0.1) is 0 Å². The molecule has 5 heteroatoms. The van der Waals surface area contributed by atoms with Crippen LogP contribution in [0.1, 0.15) is 0 Å². The molecule has 0 fully saturated rings. The average Bonchev–Trinajstić information content (AvgIpc) is 3.75. The summed E-state index contributed by atoms with van der Waals surface area (Å²) in [7, 11) is 0. The monoisotopic (exact) mass is 576 g/mol. The van der Waals surface area contributed by atoms with Crippen LogP contribution in [0.2, 0.25) is 0 Å². The van der Waals surface area contributed by atoms with E-state index in [0.29, 0.717) is 5.95 Å². The lowest BCUT2D eigenvalue weighted by atomic mass is 10.0. The van der Waals surface area contributed by atoms with E-state index >= 15 is 0 Å². The van der Waals surface area contributed by atoms with Crippen LogP contribution in [0.15, 0.2) is 150 Å². The van der Waals surface area contributed by atoms with Gasteiger partial charge in [0.05, 0.1) is 22.1 Å². The van der Waals surface area contributed by atoms with Crippen LogP contribution < -0.4 is 0 Å². The van der Waals surface area contributed by atoms with Crippen LogP contribution >= 0.6 is 0 Å². The molecule has 0 N–H and O–H groups in total. The van der Waals surface area contributed by atoms with Gasteiger partial charge >= 0.3 is 0 Å². The predicted octanol–water partition coefficient (Wildman–Crippen LogP) is 10.2. The van der Waals surface area contributed by atoms with E-state index in [2.05, 4.69) is 137 Å². The molecule has 0 unspecified atom stereocenters. The summed E-state index contributed by atoms with van der Waals surface area (Å²) in [5.74, 6) is 0.654. The summed E-state index contributed by atoms with van der Waals surface area (Å²) >= 11 is 0. The van der Waals surface area contributed by atoms with Crippen LogP contribution in [0.3, 0.4) is 0 Å². The summed E-state index contributed by atoms with van der Waals surface area (Å²) in [6, 6.07) is 46.8. The Morgan fingerprint density at radius 2 is 0.867 bits per heavy atom. The molecule has 0 radical (unpaired) electrons. The zero-order valence-electron chi connectivity index (χ0n) is 24.1. The zero-order chi connectivity index (χ0) is 29.5. The number of aromatic nitrogens is 4. The molecule has 0 atom stereocenters. The molecule has 0 spiro atoms. The molecule has 0 aliphatic carbocycles. The minimum absolute atomic E-state index is 0.654. The SMILES string of the molecule is c1ccc2c(c1)c1ccccc1n2-c1ccc2oc3ccc(-c4cnc(-n5c6ccccc6c6ccccc65)nc4)cc3c2c1. The van der Waals surface area contributed by atoms with Gasteiger partial charge in [0.15, 0.2) is 0 Å². The van der Waals surface area contributed by atoms with Crippen molar-refractivity contribution >= 4 is 65.6 Å². The molecule has 10 rings (SSSR count). The molecule has 0 aliphatic heterocycles. The van der Waals surface area contributed by atoms with E-state index in [1.165, 1.54) is 32.6 Å². The van der Waals surface area contributed by atoms with Crippen molar-refractivity contribution < 1.29 is 4.42 Å². The lowest BCUT2D eigenvalue weighted by Crippen LogP contribution is -2.00. The van der Waals surface area contributed by atoms with Crippen molar-refractivity contribution in [3.63, 3.8) is 0 Å². The highest BCUT2D eigenvalue weighted by molar-refractivity contribution is 6.11. The summed E-state index contributed by atoms with van der Waals surface area (Å²) in [5.41, 5.74) is 9.38. The highest BCUT2D eigenvalue weighted by Crippen LogP contribution is 2.37. The highest BCUT2D eigenvalue weighted by Gasteiger charge is 2.16. The largest absolute Gasteiger partial charge is 0.456 e. The third-order valence-electron chi connectivity index (χ3n) is 9.04. The number of fused-ring (bicyclic) bond motifs is 9. The summed E-state index contributed by atoms with van der Waals surface area (Å²) in [6.07, 6.45) is 3.83. The standard InChI is InChI=1S/C40H24N4O/c1-5-13-34-28(9-1)29-10-2-6-14-35(29)43(34)27-18-20-39-33(22-27)32-21-25(17-19-38(32)45-39)26-23-41-40(42-24-26)44-36-15-7-3-11-30(36)31-12-4-8-16-37(31)44/h1-24H. The van der Waals surface area contributed by atoms with E-state index < -0.39 is 0 Å². The van der Waals surface area contributed by atoms with Crippen molar-refractivity contribution in [2.24, 2.45) is 0 Å². The molecule has 0 bridgehead atoms. The van der Waals surface area contributed by atoms with E-state index in [1.54, 1.807) is 0 Å². The summed E-state index contributed by atoms with van der Waals surface area (Å²) in [4.78, 5) is 9.72. The van der Waals surface area contributed by atoms with Gasteiger partial charge in [0.1, 0.15) is 11.2 Å². The Balaban J connectivity index is 1.10. The van der Waals surface area contributed by atoms with E-state index in [-0.39, 0.29) is 0 Å². The minimum atomic E-state index is 0.654. The second-order valence-corrected chi connectivity index (χ2v) is 11.5. The van der Waals surface area contributed by atoms with Crippen LogP contribution in [0.4, 0.5) is 0 Å². The second kappa shape index (κ2) is 9.15. The molecular formula is C40H24N4O. The molecule has 5 nitrogen and oxygen atoms in total. The number of benzene rings is 6. The molecule has 10 aromatic rings.